The van der Waals surface area contributed by atoms with Gasteiger partial charge in [0.2, 0.25) is 0 Å². The van der Waals surface area contributed by atoms with Crippen LogP contribution in [0.15, 0.2) is 23.5 Å². The van der Waals surface area contributed by atoms with Gasteiger partial charge in [0.15, 0.2) is 0 Å². The third-order valence-corrected chi connectivity index (χ3v) is 4.39. The first-order valence-corrected chi connectivity index (χ1v) is 7.99. The summed E-state index contributed by atoms with van der Waals surface area (Å²) in [5, 5.41) is 0. The number of rotatable bonds is 0. The first kappa shape index (κ1) is 14.5. The van der Waals surface area contributed by atoms with Crippen molar-refractivity contribution in [2.24, 2.45) is 5.92 Å². The molecule has 0 spiro atoms. The second kappa shape index (κ2) is 5.39. The molecule has 4 nitrogen and oxygen atoms in total. The van der Waals surface area contributed by atoms with Crippen molar-refractivity contribution in [3.05, 3.63) is 23.5 Å². The molecular weight excluding hydrogens is 266 g/mol. The summed E-state index contributed by atoms with van der Waals surface area (Å²) in [4.78, 5) is 14.3. The molecule has 0 saturated carbocycles. The number of carbonyl (C=O) groups excluding carboxylic acids is 1. The van der Waals surface area contributed by atoms with E-state index in [4.69, 9.17) is 9.47 Å². The first-order chi connectivity index (χ1) is 9.96. The first-order valence-electron chi connectivity index (χ1n) is 7.99. The number of ether oxygens (including phenoxy) is 2. The van der Waals surface area contributed by atoms with Crippen molar-refractivity contribution in [2.45, 2.75) is 58.1 Å². The Morgan fingerprint density at radius 2 is 2.14 bits per heavy atom. The highest BCUT2D eigenvalue weighted by molar-refractivity contribution is 5.69. The molecule has 1 aliphatic heterocycles. The lowest BCUT2D eigenvalue weighted by Crippen LogP contribution is -2.51. The van der Waals surface area contributed by atoms with Crippen LogP contribution in [0.2, 0.25) is 0 Å². The molecule has 116 valence electrons. The Balaban J connectivity index is 1.84. The van der Waals surface area contributed by atoms with E-state index >= 15 is 0 Å². The fraction of sp³-hybridized carbons (Fsp3) is 0.706. The van der Waals surface area contributed by atoms with E-state index in [1.807, 2.05) is 25.7 Å². The summed E-state index contributed by atoms with van der Waals surface area (Å²) < 4.78 is 11.5. The van der Waals surface area contributed by atoms with E-state index in [-0.39, 0.29) is 12.1 Å². The Bertz CT molecular complexity index is 487. The zero-order valence-electron chi connectivity index (χ0n) is 13.2. The number of hydrogen-bond acceptors (Lipinski definition) is 3. The van der Waals surface area contributed by atoms with Crippen LogP contribution in [0.1, 0.15) is 46.5 Å². The van der Waals surface area contributed by atoms with E-state index in [0.717, 1.165) is 25.0 Å². The maximum Gasteiger partial charge on any atom is 0.411 e. The smallest absolute Gasteiger partial charge is 0.411 e. The van der Waals surface area contributed by atoms with Crippen molar-refractivity contribution in [1.82, 2.24) is 4.90 Å². The van der Waals surface area contributed by atoms with Crippen molar-refractivity contribution in [3.8, 4) is 0 Å². The van der Waals surface area contributed by atoms with Crippen LogP contribution in [0.5, 0.6) is 0 Å². The number of nitrogens with zero attached hydrogens (tertiary/aromatic N) is 1. The van der Waals surface area contributed by atoms with Crippen LogP contribution >= 0.6 is 0 Å². The third-order valence-electron chi connectivity index (χ3n) is 4.39. The van der Waals surface area contributed by atoms with E-state index in [9.17, 15) is 4.79 Å². The second-order valence-electron chi connectivity index (χ2n) is 7.11. The monoisotopic (exact) mass is 291 g/mol. The number of morpholine rings is 1. The summed E-state index contributed by atoms with van der Waals surface area (Å²) in [6.45, 7) is 6.91. The Kier molecular flexibility index (Phi) is 3.72. The molecule has 3 aliphatic rings. The minimum atomic E-state index is -0.454. The molecule has 0 N–H and O–H groups in total. The highest BCUT2D eigenvalue weighted by Crippen LogP contribution is 2.40. The quantitative estimate of drug-likeness (QED) is 0.684. The topological polar surface area (TPSA) is 38.8 Å². The van der Waals surface area contributed by atoms with Gasteiger partial charge in [0.05, 0.1) is 12.6 Å². The molecule has 21 heavy (non-hydrogen) atoms. The summed E-state index contributed by atoms with van der Waals surface area (Å²) in [5.41, 5.74) is 0.857. The van der Waals surface area contributed by atoms with Gasteiger partial charge < -0.3 is 9.47 Å². The molecule has 1 amide bonds. The van der Waals surface area contributed by atoms with Crippen LogP contribution in [0, 0.1) is 5.92 Å². The van der Waals surface area contributed by atoms with Gasteiger partial charge in [0, 0.05) is 0 Å². The van der Waals surface area contributed by atoms with E-state index in [2.05, 4.69) is 12.2 Å². The van der Waals surface area contributed by atoms with Gasteiger partial charge in [-0.1, -0.05) is 12.2 Å². The van der Waals surface area contributed by atoms with E-state index < -0.39 is 5.60 Å². The van der Waals surface area contributed by atoms with Gasteiger partial charge in [0.1, 0.15) is 18.0 Å². The number of allylic oxidation sites excluding steroid dienone is 3. The van der Waals surface area contributed by atoms with Crippen LogP contribution in [-0.2, 0) is 9.47 Å². The van der Waals surface area contributed by atoms with Crippen LogP contribution in [0.3, 0.4) is 0 Å². The Morgan fingerprint density at radius 3 is 2.90 bits per heavy atom. The number of amides is 1. The maximum atomic E-state index is 12.4. The standard InChI is InChI=1S/C17H25NO3/c1-17(2,3)21-16(19)18-10-11-20-15-13-7-5-4-6-12(13)8-9-14(15)18/h5,7,12,14H,4,6,8-11H2,1-3H3. The minimum Gasteiger partial charge on any atom is -0.494 e. The average Bonchev–Trinajstić information content (AvgIpc) is 2.44. The van der Waals surface area contributed by atoms with E-state index in [1.54, 1.807) is 0 Å². The predicted molar refractivity (Wildman–Crippen MR) is 80.8 cm³/mol. The van der Waals surface area contributed by atoms with Gasteiger partial charge in [-0.15, -0.1) is 0 Å². The summed E-state index contributed by atoms with van der Waals surface area (Å²) >= 11 is 0. The SMILES string of the molecule is CC(C)(C)OC(=O)N1CCOC2=C3C=CCCC3CCC21. The van der Waals surface area contributed by atoms with Crippen molar-refractivity contribution < 1.29 is 14.3 Å². The molecule has 2 aliphatic carbocycles. The van der Waals surface area contributed by atoms with Gasteiger partial charge in [-0.05, 0) is 57.9 Å². The molecule has 3 rings (SSSR count). The predicted octanol–water partition coefficient (Wildman–Crippen LogP) is 3.64. The zero-order valence-corrected chi connectivity index (χ0v) is 13.2. The summed E-state index contributed by atoms with van der Waals surface area (Å²) in [5.74, 6) is 1.62. The molecule has 0 radical (unpaired) electrons. The highest BCUT2D eigenvalue weighted by atomic mass is 16.6. The molecule has 0 aromatic rings. The zero-order chi connectivity index (χ0) is 15.0. The van der Waals surface area contributed by atoms with Crippen LogP contribution in [-0.4, -0.2) is 35.8 Å². The third kappa shape index (κ3) is 2.94. The highest BCUT2D eigenvalue weighted by Gasteiger charge is 2.40. The van der Waals surface area contributed by atoms with Crippen molar-refractivity contribution in [1.29, 1.82) is 0 Å². The maximum absolute atomic E-state index is 12.4. The molecule has 1 saturated heterocycles. The molecule has 1 heterocycles. The fourth-order valence-electron chi connectivity index (χ4n) is 3.49. The van der Waals surface area contributed by atoms with Crippen LogP contribution in [0.25, 0.3) is 0 Å². The molecule has 1 fully saturated rings. The molecular formula is C17H25NO3. The van der Waals surface area contributed by atoms with Crippen LogP contribution in [0.4, 0.5) is 4.79 Å². The second-order valence-corrected chi connectivity index (χ2v) is 7.11. The number of carbonyl (C=O) groups is 1. The molecule has 2 unspecified atom stereocenters. The summed E-state index contributed by atoms with van der Waals surface area (Å²) in [7, 11) is 0. The van der Waals surface area contributed by atoms with E-state index in [0.29, 0.717) is 19.1 Å². The average molecular weight is 291 g/mol. The molecule has 0 aromatic heterocycles. The molecule has 0 bridgehead atoms. The Labute approximate surface area is 126 Å². The summed E-state index contributed by atoms with van der Waals surface area (Å²) in [6, 6.07) is 0.0580. The lowest BCUT2D eigenvalue weighted by molar-refractivity contribution is -0.0135. The number of fused-ring (bicyclic) bond motifs is 2. The molecule has 4 heteroatoms. The summed E-state index contributed by atoms with van der Waals surface area (Å²) in [6.07, 6.45) is 8.69. The van der Waals surface area contributed by atoms with Gasteiger partial charge in [-0.3, -0.25) is 4.90 Å². The number of hydrogen-bond donors (Lipinski definition) is 0. The van der Waals surface area contributed by atoms with Crippen molar-refractivity contribution in [2.75, 3.05) is 13.2 Å². The van der Waals surface area contributed by atoms with Gasteiger partial charge in [-0.2, -0.15) is 0 Å². The normalized spacial score (nSPS) is 28.6. The van der Waals surface area contributed by atoms with Crippen molar-refractivity contribution >= 4 is 6.09 Å². The fourth-order valence-corrected chi connectivity index (χ4v) is 3.49. The Morgan fingerprint density at radius 1 is 1.33 bits per heavy atom. The molecule has 0 aromatic carbocycles. The Hall–Kier alpha value is -1.45. The van der Waals surface area contributed by atoms with Crippen molar-refractivity contribution in [3.63, 3.8) is 0 Å². The lowest BCUT2D eigenvalue weighted by Gasteiger charge is -2.43. The lowest BCUT2D eigenvalue weighted by atomic mass is 9.78. The largest absolute Gasteiger partial charge is 0.494 e. The van der Waals surface area contributed by atoms with E-state index in [1.165, 1.54) is 12.0 Å². The van der Waals surface area contributed by atoms with Gasteiger partial charge in [0.25, 0.3) is 0 Å². The minimum absolute atomic E-state index is 0.0580. The van der Waals surface area contributed by atoms with Gasteiger partial charge in [-0.25, -0.2) is 4.79 Å². The van der Waals surface area contributed by atoms with Gasteiger partial charge >= 0.3 is 6.09 Å². The van der Waals surface area contributed by atoms with Crippen LogP contribution < -0.4 is 0 Å². The molecule has 2 atom stereocenters.